The van der Waals surface area contributed by atoms with Crippen LogP contribution < -0.4 is 0 Å². The van der Waals surface area contributed by atoms with E-state index in [1.54, 1.807) is 0 Å². The molecular formula is C54H36N6. The van der Waals surface area contributed by atoms with Gasteiger partial charge in [0.1, 0.15) is 11.3 Å². The first kappa shape index (κ1) is 35.0. The highest BCUT2D eigenvalue weighted by molar-refractivity contribution is 5.85. The molecule has 0 aliphatic carbocycles. The summed E-state index contributed by atoms with van der Waals surface area (Å²) in [5.41, 5.74) is 17.0. The Bertz CT molecular complexity index is 3080. The monoisotopic (exact) mass is 768 g/mol. The van der Waals surface area contributed by atoms with E-state index in [-0.39, 0.29) is 0 Å². The number of imidazole rings is 2. The molecule has 0 aliphatic heterocycles. The second kappa shape index (κ2) is 14.9. The van der Waals surface area contributed by atoms with Crippen molar-refractivity contribution in [3.8, 4) is 90.1 Å². The van der Waals surface area contributed by atoms with Crippen LogP contribution in [0.15, 0.2) is 219 Å². The third-order valence-electron chi connectivity index (χ3n) is 11.0. The van der Waals surface area contributed by atoms with Crippen molar-refractivity contribution < 1.29 is 0 Å². The predicted octanol–water partition coefficient (Wildman–Crippen LogP) is 13.1. The zero-order valence-electron chi connectivity index (χ0n) is 32.5. The molecule has 6 nitrogen and oxygen atoms in total. The Morgan fingerprint density at radius 2 is 0.617 bits per heavy atom. The summed E-state index contributed by atoms with van der Waals surface area (Å²) >= 11 is 0. The average molecular weight is 769 g/mol. The Hall–Kier alpha value is -8.22. The van der Waals surface area contributed by atoms with Crippen LogP contribution in [-0.2, 0) is 0 Å². The van der Waals surface area contributed by atoms with Gasteiger partial charge in [0.05, 0.1) is 34.2 Å². The number of hydrogen-bond donors (Lipinski definition) is 0. The van der Waals surface area contributed by atoms with E-state index < -0.39 is 0 Å². The van der Waals surface area contributed by atoms with Gasteiger partial charge in [0.15, 0.2) is 5.82 Å². The van der Waals surface area contributed by atoms with Gasteiger partial charge in [-0.2, -0.15) is 0 Å². The summed E-state index contributed by atoms with van der Waals surface area (Å²) in [5, 5.41) is 0. The van der Waals surface area contributed by atoms with Gasteiger partial charge in [-0.25, -0.2) is 19.9 Å². The van der Waals surface area contributed by atoms with Crippen LogP contribution in [0.4, 0.5) is 0 Å². The summed E-state index contributed by atoms with van der Waals surface area (Å²) in [4.78, 5) is 20.5. The summed E-state index contributed by atoms with van der Waals surface area (Å²) in [5.74, 6) is 0.663. The Morgan fingerprint density at radius 1 is 0.267 bits per heavy atom. The normalized spacial score (nSPS) is 11.3. The lowest BCUT2D eigenvalue weighted by Gasteiger charge is -2.12. The van der Waals surface area contributed by atoms with Gasteiger partial charge in [0.25, 0.3) is 0 Å². The third-order valence-corrected chi connectivity index (χ3v) is 11.0. The summed E-state index contributed by atoms with van der Waals surface area (Å²) in [6.45, 7) is 0. The number of nitrogens with zero attached hydrogens (tertiary/aromatic N) is 6. The molecule has 0 fully saturated rings. The van der Waals surface area contributed by atoms with Gasteiger partial charge < -0.3 is 0 Å². The van der Waals surface area contributed by atoms with E-state index >= 15 is 0 Å². The lowest BCUT2D eigenvalue weighted by Crippen LogP contribution is -1.96. The zero-order chi connectivity index (χ0) is 39.8. The second-order valence-corrected chi connectivity index (χ2v) is 14.8. The van der Waals surface area contributed by atoms with Gasteiger partial charge >= 0.3 is 0 Å². The number of rotatable bonds is 8. The van der Waals surface area contributed by atoms with Crippen LogP contribution in [0.25, 0.3) is 101 Å². The first-order valence-corrected chi connectivity index (χ1v) is 20.1. The first-order chi connectivity index (χ1) is 29.7. The minimum Gasteiger partial charge on any atom is -0.299 e. The highest BCUT2D eigenvalue weighted by Crippen LogP contribution is 2.37. The standard InChI is InChI=1S/C54H36N6/c1-4-14-37(15-5-1)38-22-32-45(33-23-38)54-55-46(39-24-28-43(29-25-39)52-50(41-16-6-2-7-17-41)57-48-20-10-12-34-59(48)52)36-47(56-54)40-26-30-44(31-27-40)53-51(42-18-8-3-9-19-42)58-49-21-11-13-35-60(49)53/h1-36H. The zero-order valence-corrected chi connectivity index (χ0v) is 32.5. The molecule has 0 atom stereocenters. The van der Waals surface area contributed by atoms with Crippen LogP contribution in [0.1, 0.15) is 0 Å². The van der Waals surface area contributed by atoms with E-state index in [1.165, 1.54) is 5.56 Å². The molecule has 6 aromatic carbocycles. The Kier molecular flexibility index (Phi) is 8.71. The summed E-state index contributed by atoms with van der Waals surface area (Å²) < 4.78 is 4.33. The number of pyridine rings is 2. The number of benzene rings is 6. The van der Waals surface area contributed by atoms with Crippen molar-refractivity contribution in [1.82, 2.24) is 28.7 Å². The van der Waals surface area contributed by atoms with Crippen molar-refractivity contribution in [2.45, 2.75) is 0 Å². The van der Waals surface area contributed by atoms with Crippen molar-refractivity contribution in [3.05, 3.63) is 219 Å². The lowest BCUT2D eigenvalue weighted by molar-refractivity contribution is 1.18. The van der Waals surface area contributed by atoms with E-state index in [1.807, 2.05) is 54.6 Å². The maximum absolute atomic E-state index is 5.21. The molecule has 11 rings (SSSR count). The van der Waals surface area contributed by atoms with Crippen LogP contribution >= 0.6 is 0 Å². The fourth-order valence-corrected chi connectivity index (χ4v) is 8.05. The molecule has 0 amide bonds. The molecule has 0 bridgehead atoms. The quantitative estimate of drug-likeness (QED) is 0.154. The molecule has 0 N–H and O–H groups in total. The minimum absolute atomic E-state index is 0.663. The highest BCUT2D eigenvalue weighted by Gasteiger charge is 2.19. The Morgan fingerprint density at radius 3 is 1.07 bits per heavy atom. The maximum atomic E-state index is 5.21. The van der Waals surface area contributed by atoms with E-state index in [4.69, 9.17) is 19.9 Å². The van der Waals surface area contributed by atoms with Crippen molar-refractivity contribution >= 4 is 11.3 Å². The van der Waals surface area contributed by atoms with Gasteiger partial charge in [-0.15, -0.1) is 0 Å². The molecule has 6 heteroatoms. The fourth-order valence-electron chi connectivity index (χ4n) is 8.05. The maximum Gasteiger partial charge on any atom is 0.160 e. The van der Waals surface area contributed by atoms with Crippen LogP contribution in [0, 0.1) is 0 Å². The molecule has 0 saturated heterocycles. The van der Waals surface area contributed by atoms with Gasteiger partial charge in [-0.3, -0.25) is 8.80 Å². The predicted molar refractivity (Wildman–Crippen MR) is 243 cm³/mol. The molecular weight excluding hydrogens is 733 g/mol. The molecule has 5 heterocycles. The smallest absolute Gasteiger partial charge is 0.160 e. The van der Waals surface area contributed by atoms with Gasteiger partial charge in [0, 0.05) is 51.3 Å². The van der Waals surface area contributed by atoms with Gasteiger partial charge in [0.2, 0.25) is 0 Å². The average Bonchev–Trinajstić information content (AvgIpc) is 3.92. The fraction of sp³-hybridized carbons (Fsp3) is 0. The first-order valence-electron chi connectivity index (χ1n) is 20.1. The van der Waals surface area contributed by atoms with Gasteiger partial charge in [-0.1, -0.05) is 176 Å². The lowest BCUT2D eigenvalue weighted by atomic mass is 10.00. The van der Waals surface area contributed by atoms with Crippen LogP contribution in [0.2, 0.25) is 0 Å². The SMILES string of the molecule is c1ccc(-c2ccc(-c3nc(-c4ccc(-c5c(-c6ccccc6)nc6ccccn56)cc4)cc(-c4ccc(-c5c(-c6ccccc6)nc6ccccn56)cc4)n3)cc2)cc1. The van der Waals surface area contributed by atoms with Crippen LogP contribution in [-0.4, -0.2) is 28.7 Å². The summed E-state index contributed by atoms with van der Waals surface area (Å²) in [6, 6.07) is 71.3. The number of fused-ring (bicyclic) bond motifs is 2. The topological polar surface area (TPSA) is 60.4 Å². The van der Waals surface area contributed by atoms with Crippen molar-refractivity contribution in [2.75, 3.05) is 0 Å². The minimum atomic E-state index is 0.663. The van der Waals surface area contributed by atoms with Crippen molar-refractivity contribution in [1.29, 1.82) is 0 Å². The molecule has 0 spiro atoms. The van der Waals surface area contributed by atoms with Crippen molar-refractivity contribution in [3.63, 3.8) is 0 Å². The molecule has 0 unspecified atom stereocenters. The van der Waals surface area contributed by atoms with E-state index in [0.29, 0.717) is 5.82 Å². The van der Waals surface area contributed by atoms with Crippen LogP contribution in [0.5, 0.6) is 0 Å². The largest absolute Gasteiger partial charge is 0.299 e. The number of hydrogen-bond acceptors (Lipinski definition) is 4. The second-order valence-electron chi connectivity index (χ2n) is 14.8. The molecule has 5 aromatic heterocycles. The third kappa shape index (κ3) is 6.42. The summed E-state index contributed by atoms with van der Waals surface area (Å²) in [6.07, 6.45) is 4.15. The van der Waals surface area contributed by atoms with E-state index in [2.05, 4.69) is 173 Å². The Labute approximate surface area is 347 Å². The molecule has 0 saturated carbocycles. The van der Waals surface area contributed by atoms with Crippen molar-refractivity contribution in [2.24, 2.45) is 0 Å². The molecule has 282 valence electrons. The Balaban J connectivity index is 1.01. The summed E-state index contributed by atoms with van der Waals surface area (Å²) in [7, 11) is 0. The molecule has 0 aliphatic rings. The van der Waals surface area contributed by atoms with Crippen LogP contribution in [0.3, 0.4) is 0 Å². The molecule has 11 aromatic rings. The molecule has 0 radical (unpaired) electrons. The highest BCUT2D eigenvalue weighted by atomic mass is 15.0. The van der Waals surface area contributed by atoms with E-state index in [0.717, 1.165) is 90.0 Å². The molecule has 60 heavy (non-hydrogen) atoms. The van der Waals surface area contributed by atoms with E-state index in [9.17, 15) is 0 Å². The van der Waals surface area contributed by atoms with Gasteiger partial charge in [-0.05, 0) is 41.5 Å². The number of aromatic nitrogens is 6.